The standard InChI is InChI=1S/C27H28F3N3O3/c1-16-13-19(15-22(14-16)32-25-31-12-11-23(33-25)27(28,29)30)17-3-7-20(8-4-17)26(2,36)21-9-5-18(6-10-21)24(34)35/h3-4,7-8,11-15,18,21,36H,5-6,9-10H2,1-2H3,(H,34,35)(H,31,32,33)/t18?,21?,26-/m1/s1. The third-order valence-corrected chi connectivity index (χ3v) is 6.95. The van der Waals surface area contributed by atoms with Crippen LogP contribution >= 0.6 is 0 Å². The highest BCUT2D eigenvalue weighted by atomic mass is 19.4. The molecule has 1 aromatic heterocycles. The molecule has 36 heavy (non-hydrogen) atoms. The van der Waals surface area contributed by atoms with E-state index in [0.717, 1.165) is 34.5 Å². The van der Waals surface area contributed by atoms with Gasteiger partial charge < -0.3 is 15.5 Å². The highest BCUT2D eigenvalue weighted by Gasteiger charge is 2.38. The maximum atomic E-state index is 13.0. The average molecular weight is 500 g/mol. The van der Waals surface area contributed by atoms with Crippen molar-refractivity contribution >= 4 is 17.6 Å². The molecule has 0 spiro atoms. The van der Waals surface area contributed by atoms with E-state index in [-0.39, 0.29) is 17.8 Å². The number of aryl methyl sites for hydroxylation is 1. The lowest BCUT2D eigenvalue weighted by atomic mass is 9.71. The Morgan fingerprint density at radius 3 is 2.28 bits per heavy atom. The summed E-state index contributed by atoms with van der Waals surface area (Å²) in [5.74, 6) is -1.29. The second kappa shape index (κ2) is 9.89. The van der Waals surface area contributed by atoms with Crippen LogP contribution in [0.15, 0.2) is 54.7 Å². The Morgan fingerprint density at radius 2 is 1.67 bits per heavy atom. The molecule has 0 saturated heterocycles. The molecule has 6 nitrogen and oxygen atoms in total. The number of carboxylic acid groups (broad SMARTS) is 1. The van der Waals surface area contributed by atoms with E-state index in [1.54, 1.807) is 19.1 Å². The summed E-state index contributed by atoms with van der Waals surface area (Å²) in [5, 5.41) is 23.4. The van der Waals surface area contributed by atoms with E-state index in [2.05, 4.69) is 15.3 Å². The van der Waals surface area contributed by atoms with Gasteiger partial charge in [-0.3, -0.25) is 4.79 Å². The third-order valence-electron chi connectivity index (χ3n) is 6.95. The molecule has 0 amide bonds. The molecule has 2 aromatic carbocycles. The topological polar surface area (TPSA) is 95.3 Å². The van der Waals surface area contributed by atoms with E-state index in [1.807, 2.05) is 37.3 Å². The van der Waals surface area contributed by atoms with Crippen LogP contribution in [-0.2, 0) is 16.6 Å². The molecule has 0 aliphatic heterocycles. The van der Waals surface area contributed by atoms with E-state index in [9.17, 15) is 28.2 Å². The summed E-state index contributed by atoms with van der Waals surface area (Å²) >= 11 is 0. The van der Waals surface area contributed by atoms with E-state index in [1.165, 1.54) is 0 Å². The minimum absolute atomic E-state index is 0.0267. The van der Waals surface area contributed by atoms with E-state index in [0.29, 0.717) is 31.4 Å². The summed E-state index contributed by atoms with van der Waals surface area (Å²) in [6.45, 7) is 3.66. The van der Waals surface area contributed by atoms with Gasteiger partial charge in [0.1, 0.15) is 5.69 Å². The molecular weight excluding hydrogens is 471 g/mol. The zero-order chi connectivity index (χ0) is 26.1. The molecule has 1 aliphatic rings. The summed E-state index contributed by atoms with van der Waals surface area (Å²) in [7, 11) is 0. The zero-order valence-corrected chi connectivity index (χ0v) is 20.0. The van der Waals surface area contributed by atoms with Crippen molar-refractivity contribution in [2.75, 3.05) is 5.32 Å². The highest BCUT2D eigenvalue weighted by molar-refractivity contribution is 5.71. The average Bonchev–Trinajstić information content (AvgIpc) is 2.83. The van der Waals surface area contributed by atoms with Crippen LogP contribution in [0, 0.1) is 18.8 Å². The maximum absolute atomic E-state index is 13.0. The number of halogens is 3. The predicted octanol–water partition coefficient (Wildman–Crippen LogP) is 6.31. The van der Waals surface area contributed by atoms with Crippen molar-refractivity contribution in [1.29, 1.82) is 0 Å². The van der Waals surface area contributed by atoms with Crippen molar-refractivity contribution in [2.24, 2.45) is 11.8 Å². The molecular formula is C27H28F3N3O3. The first-order valence-corrected chi connectivity index (χ1v) is 11.8. The Bertz CT molecular complexity index is 1240. The van der Waals surface area contributed by atoms with Gasteiger partial charge >= 0.3 is 12.1 Å². The van der Waals surface area contributed by atoms with E-state index in [4.69, 9.17) is 0 Å². The number of carboxylic acids is 1. The van der Waals surface area contributed by atoms with Gasteiger partial charge in [-0.05, 0) is 85.9 Å². The molecule has 0 bridgehead atoms. The molecule has 0 radical (unpaired) electrons. The summed E-state index contributed by atoms with van der Waals surface area (Å²) < 4.78 is 38.9. The quantitative estimate of drug-likeness (QED) is 0.368. The number of benzene rings is 2. The summed E-state index contributed by atoms with van der Waals surface area (Å²) in [6.07, 6.45) is -1.08. The number of rotatable bonds is 6. The molecule has 1 saturated carbocycles. The lowest BCUT2D eigenvalue weighted by Gasteiger charge is -2.37. The van der Waals surface area contributed by atoms with Crippen LogP contribution in [-0.4, -0.2) is 26.2 Å². The van der Waals surface area contributed by atoms with Gasteiger partial charge in [-0.2, -0.15) is 13.2 Å². The van der Waals surface area contributed by atoms with Crippen LogP contribution in [0.25, 0.3) is 11.1 Å². The maximum Gasteiger partial charge on any atom is 0.433 e. The van der Waals surface area contributed by atoms with Crippen molar-refractivity contribution in [3.63, 3.8) is 0 Å². The number of aromatic nitrogens is 2. The van der Waals surface area contributed by atoms with E-state index >= 15 is 0 Å². The fraction of sp³-hybridized carbons (Fsp3) is 0.370. The number of carbonyl (C=O) groups is 1. The van der Waals surface area contributed by atoms with Crippen LogP contribution in [0.3, 0.4) is 0 Å². The van der Waals surface area contributed by atoms with Gasteiger partial charge in [-0.15, -0.1) is 0 Å². The Morgan fingerprint density at radius 1 is 1.00 bits per heavy atom. The van der Waals surface area contributed by atoms with Crippen LogP contribution in [0.4, 0.5) is 24.8 Å². The van der Waals surface area contributed by atoms with Gasteiger partial charge in [0, 0.05) is 11.9 Å². The monoisotopic (exact) mass is 499 g/mol. The van der Waals surface area contributed by atoms with Crippen LogP contribution in [0.1, 0.15) is 49.4 Å². The smallest absolute Gasteiger partial charge is 0.433 e. The van der Waals surface area contributed by atoms with Crippen molar-refractivity contribution in [3.05, 3.63) is 71.5 Å². The minimum Gasteiger partial charge on any atom is -0.481 e. The number of alkyl halides is 3. The molecule has 0 unspecified atom stereocenters. The van der Waals surface area contributed by atoms with Crippen molar-refractivity contribution < 1.29 is 28.2 Å². The van der Waals surface area contributed by atoms with Crippen LogP contribution < -0.4 is 5.32 Å². The molecule has 190 valence electrons. The minimum atomic E-state index is -4.56. The number of hydrogen-bond acceptors (Lipinski definition) is 5. The zero-order valence-electron chi connectivity index (χ0n) is 20.0. The van der Waals surface area contributed by atoms with Crippen LogP contribution in [0.2, 0.25) is 0 Å². The molecule has 4 rings (SSSR count). The lowest BCUT2D eigenvalue weighted by molar-refractivity contribution is -0.144. The number of nitrogens with zero attached hydrogens (tertiary/aromatic N) is 2. The number of anilines is 2. The largest absolute Gasteiger partial charge is 0.481 e. The summed E-state index contributed by atoms with van der Waals surface area (Å²) in [5.41, 5.74) is 1.82. The molecule has 1 aliphatic carbocycles. The fourth-order valence-corrected chi connectivity index (χ4v) is 4.87. The first-order valence-electron chi connectivity index (χ1n) is 11.8. The highest BCUT2D eigenvalue weighted by Crippen LogP contribution is 2.41. The molecule has 3 aromatic rings. The molecule has 9 heteroatoms. The number of aliphatic carboxylic acids is 1. The van der Waals surface area contributed by atoms with Gasteiger partial charge in [-0.1, -0.05) is 30.3 Å². The molecule has 3 N–H and O–H groups in total. The van der Waals surface area contributed by atoms with Gasteiger partial charge in [0.15, 0.2) is 0 Å². The van der Waals surface area contributed by atoms with Crippen LogP contribution in [0.5, 0.6) is 0 Å². The van der Waals surface area contributed by atoms with Crippen molar-refractivity contribution in [2.45, 2.75) is 51.3 Å². The Labute approximate surface area is 207 Å². The number of nitrogens with one attached hydrogen (secondary N) is 1. The molecule has 1 atom stereocenters. The summed E-state index contributed by atoms with van der Waals surface area (Å²) in [6, 6.07) is 13.9. The third kappa shape index (κ3) is 5.67. The first kappa shape index (κ1) is 25.6. The summed E-state index contributed by atoms with van der Waals surface area (Å²) in [4.78, 5) is 18.7. The van der Waals surface area contributed by atoms with Crippen molar-refractivity contribution in [1.82, 2.24) is 9.97 Å². The van der Waals surface area contributed by atoms with E-state index < -0.39 is 23.4 Å². The Balaban J connectivity index is 1.52. The molecule has 1 fully saturated rings. The lowest BCUT2D eigenvalue weighted by Crippen LogP contribution is -2.35. The van der Waals surface area contributed by atoms with Crippen molar-refractivity contribution in [3.8, 4) is 11.1 Å². The second-order valence-electron chi connectivity index (χ2n) is 9.59. The SMILES string of the molecule is Cc1cc(Nc2nccc(C(F)(F)F)n2)cc(-c2ccc([C@@](C)(O)C3CCC(C(=O)O)CC3)cc2)c1. The molecule has 1 heterocycles. The predicted molar refractivity (Wildman–Crippen MR) is 130 cm³/mol. The van der Waals surface area contributed by atoms with Gasteiger partial charge in [0.2, 0.25) is 5.95 Å². The number of hydrogen-bond donors (Lipinski definition) is 3. The van der Waals surface area contributed by atoms with Gasteiger partial charge in [0.05, 0.1) is 11.5 Å². The van der Waals surface area contributed by atoms with Gasteiger partial charge in [-0.25, -0.2) is 9.97 Å². The Hall–Kier alpha value is -3.46. The fourth-order valence-electron chi connectivity index (χ4n) is 4.87. The normalized spacial score (nSPS) is 19.9. The van der Waals surface area contributed by atoms with Gasteiger partial charge in [0.25, 0.3) is 0 Å². The Kier molecular flexibility index (Phi) is 7.04. The second-order valence-corrected chi connectivity index (χ2v) is 9.59. The number of aliphatic hydroxyl groups is 1. The first-order chi connectivity index (χ1) is 16.9.